The van der Waals surface area contributed by atoms with Crippen LogP contribution in [0.3, 0.4) is 0 Å². The van der Waals surface area contributed by atoms with Crippen LogP contribution in [0.5, 0.6) is 5.75 Å². The minimum absolute atomic E-state index is 0.00375. The van der Waals surface area contributed by atoms with Crippen molar-refractivity contribution < 1.29 is 19.1 Å². The Hall–Kier alpha value is -2.28. The van der Waals surface area contributed by atoms with Gasteiger partial charge >= 0.3 is 0 Å². The summed E-state index contributed by atoms with van der Waals surface area (Å²) in [6.45, 7) is 1.08. The third kappa shape index (κ3) is 4.95. The van der Waals surface area contributed by atoms with Gasteiger partial charge < -0.3 is 20.1 Å². The first-order valence-electron chi connectivity index (χ1n) is 8.82. The van der Waals surface area contributed by atoms with E-state index in [1.54, 1.807) is 31.4 Å². The van der Waals surface area contributed by atoms with E-state index in [9.17, 15) is 9.59 Å². The Morgan fingerprint density at radius 2 is 1.93 bits per heavy atom. The fourth-order valence-electron chi connectivity index (χ4n) is 2.91. The van der Waals surface area contributed by atoms with E-state index in [1.165, 1.54) is 12.1 Å². The van der Waals surface area contributed by atoms with Crippen LogP contribution in [0.15, 0.2) is 36.4 Å². The first kappa shape index (κ1) is 20.5. The van der Waals surface area contributed by atoms with Crippen LogP contribution in [-0.2, 0) is 4.74 Å². The largest absolute Gasteiger partial charge is 0.497 e. The SMILES string of the molecule is COc1ccc(C(=O)Nc2c(Cl)cc(Cl)cc2C(=O)NC[C@H]2CCCO2)cc1. The van der Waals surface area contributed by atoms with Crippen molar-refractivity contribution in [1.29, 1.82) is 0 Å². The van der Waals surface area contributed by atoms with Gasteiger partial charge in [0.2, 0.25) is 0 Å². The number of carbonyl (C=O) groups excluding carboxylic acids is 2. The molecular formula is C20H20Cl2N2O4. The van der Waals surface area contributed by atoms with Gasteiger partial charge in [-0.2, -0.15) is 0 Å². The lowest BCUT2D eigenvalue weighted by Crippen LogP contribution is -2.32. The summed E-state index contributed by atoms with van der Waals surface area (Å²) >= 11 is 12.3. The van der Waals surface area contributed by atoms with Crippen LogP contribution in [0.1, 0.15) is 33.6 Å². The molecule has 3 rings (SSSR count). The second-order valence-electron chi connectivity index (χ2n) is 6.34. The van der Waals surface area contributed by atoms with E-state index in [0.717, 1.165) is 12.8 Å². The number of methoxy groups -OCH3 is 1. The van der Waals surface area contributed by atoms with E-state index in [0.29, 0.717) is 29.5 Å². The van der Waals surface area contributed by atoms with Crippen LogP contribution >= 0.6 is 23.2 Å². The summed E-state index contributed by atoms with van der Waals surface area (Å²) in [5.41, 5.74) is 0.798. The molecule has 6 nitrogen and oxygen atoms in total. The molecule has 0 radical (unpaired) electrons. The second-order valence-corrected chi connectivity index (χ2v) is 7.18. The van der Waals surface area contributed by atoms with Crippen LogP contribution in [0.2, 0.25) is 10.0 Å². The normalized spacial score (nSPS) is 15.9. The summed E-state index contributed by atoms with van der Waals surface area (Å²) in [7, 11) is 1.55. The Morgan fingerprint density at radius 1 is 1.18 bits per heavy atom. The number of ether oxygens (including phenoxy) is 2. The molecule has 0 aliphatic carbocycles. The summed E-state index contributed by atoms with van der Waals surface area (Å²) < 4.78 is 10.6. The fraction of sp³-hybridized carbons (Fsp3) is 0.300. The number of halogens is 2. The molecule has 2 N–H and O–H groups in total. The predicted octanol–water partition coefficient (Wildman–Crippen LogP) is 4.16. The zero-order valence-corrected chi connectivity index (χ0v) is 16.8. The van der Waals surface area contributed by atoms with Gasteiger partial charge in [-0.1, -0.05) is 23.2 Å². The molecule has 2 aromatic carbocycles. The van der Waals surface area contributed by atoms with E-state index >= 15 is 0 Å². The number of rotatable bonds is 6. The van der Waals surface area contributed by atoms with Crippen LogP contribution in [0.4, 0.5) is 5.69 Å². The number of benzene rings is 2. The maximum atomic E-state index is 12.7. The van der Waals surface area contributed by atoms with Crippen molar-refractivity contribution >= 4 is 40.7 Å². The molecular weight excluding hydrogens is 403 g/mol. The molecule has 0 aromatic heterocycles. The standard InChI is InChI=1S/C20H20Cl2N2O4/c1-27-14-6-4-12(5-7-14)19(25)24-18-16(9-13(21)10-17(18)22)20(26)23-11-15-3-2-8-28-15/h4-7,9-10,15H,2-3,8,11H2,1H3,(H,23,26)(H,24,25)/t15-/m1/s1. The molecule has 0 saturated carbocycles. The van der Waals surface area contributed by atoms with Gasteiger partial charge in [-0.15, -0.1) is 0 Å². The Balaban J connectivity index is 1.78. The molecule has 0 spiro atoms. The minimum Gasteiger partial charge on any atom is -0.497 e. The van der Waals surface area contributed by atoms with E-state index < -0.39 is 5.91 Å². The highest BCUT2D eigenvalue weighted by Gasteiger charge is 2.21. The molecule has 1 saturated heterocycles. The van der Waals surface area contributed by atoms with E-state index in [4.69, 9.17) is 32.7 Å². The maximum Gasteiger partial charge on any atom is 0.255 e. The highest BCUT2D eigenvalue weighted by atomic mass is 35.5. The zero-order valence-electron chi connectivity index (χ0n) is 15.3. The summed E-state index contributed by atoms with van der Waals surface area (Å²) in [4.78, 5) is 25.3. The van der Waals surface area contributed by atoms with Crippen molar-refractivity contribution in [2.75, 3.05) is 25.6 Å². The predicted molar refractivity (Wildman–Crippen MR) is 109 cm³/mol. The number of amides is 2. The topological polar surface area (TPSA) is 76.7 Å². The second kappa shape index (κ2) is 9.28. The quantitative estimate of drug-likeness (QED) is 0.732. The highest BCUT2D eigenvalue weighted by Crippen LogP contribution is 2.31. The molecule has 1 aliphatic heterocycles. The van der Waals surface area contributed by atoms with Crippen LogP contribution in [0, 0.1) is 0 Å². The number of hydrogen-bond acceptors (Lipinski definition) is 4. The van der Waals surface area contributed by atoms with Crippen molar-refractivity contribution in [3.8, 4) is 5.75 Å². The van der Waals surface area contributed by atoms with Crippen LogP contribution < -0.4 is 15.4 Å². The first-order valence-corrected chi connectivity index (χ1v) is 9.58. The average molecular weight is 423 g/mol. The Kier molecular flexibility index (Phi) is 6.78. The van der Waals surface area contributed by atoms with Crippen molar-refractivity contribution in [2.24, 2.45) is 0 Å². The maximum absolute atomic E-state index is 12.7. The Labute approximate surface area is 173 Å². The zero-order chi connectivity index (χ0) is 20.1. The van der Waals surface area contributed by atoms with Crippen molar-refractivity contribution in [2.45, 2.75) is 18.9 Å². The number of hydrogen-bond donors (Lipinski definition) is 2. The molecule has 0 bridgehead atoms. The number of nitrogens with one attached hydrogen (secondary N) is 2. The van der Waals surface area contributed by atoms with E-state index in [2.05, 4.69) is 10.6 Å². The van der Waals surface area contributed by atoms with Gasteiger partial charge in [0.05, 0.1) is 29.5 Å². The number of carbonyl (C=O) groups is 2. The van der Waals surface area contributed by atoms with Crippen LogP contribution in [0.25, 0.3) is 0 Å². The fourth-order valence-corrected chi connectivity index (χ4v) is 3.46. The van der Waals surface area contributed by atoms with E-state index in [-0.39, 0.29) is 28.3 Å². The summed E-state index contributed by atoms with van der Waals surface area (Å²) in [5.74, 6) is -0.153. The molecule has 28 heavy (non-hydrogen) atoms. The minimum atomic E-state index is -0.403. The molecule has 1 aliphatic rings. The van der Waals surface area contributed by atoms with Gasteiger partial charge in [0.25, 0.3) is 11.8 Å². The summed E-state index contributed by atoms with van der Waals surface area (Å²) in [6, 6.07) is 9.54. The lowest BCUT2D eigenvalue weighted by atomic mass is 10.1. The Bertz CT molecular complexity index is 865. The van der Waals surface area contributed by atoms with Crippen molar-refractivity contribution in [3.05, 3.63) is 57.6 Å². The van der Waals surface area contributed by atoms with Gasteiger partial charge in [0.15, 0.2) is 0 Å². The molecule has 0 unspecified atom stereocenters. The van der Waals surface area contributed by atoms with Gasteiger partial charge in [0.1, 0.15) is 5.75 Å². The summed E-state index contributed by atoms with van der Waals surface area (Å²) in [6.07, 6.45) is 1.88. The van der Waals surface area contributed by atoms with E-state index in [1.807, 2.05) is 0 Å². The van der Waals surface area contributed by atoms with Crippen molar-refractivity contribution in [3.63, 3.8) is 0 Å². The summed E-state index contributed by atoms with van der Waals surface area (Å²) in [5, 5.41) is 6.00. The molecule has 1 atom stereocenters. The van der Waals surface area contributed by atoms with Crippen molar-refractivity contribution in [1.82, 2.24) is 5.32 Å². The smallest absolute Gasteiger partial charge is 0.255 e. The average Bonchev–Trinajstić information content (AvgIpc) is 3.21. The molecule has 2 aromatic rings. The van der Waals surface area contributed by atoms with Gasteiger partial charge in [-0.05, 0) is 49.2 Å². The molecule has 1 fully saturated rings. The molecule has 1 heterocycles. The first-order chi connectivity index (χ1) is 13.5. The molecule has 2 amide bonds. The third-order valence-electron chi connectivity index (χ3n) is 4.40. The monoisotopic (exact) mass is 422 g/mol. The van der Waals surface area contributed by atoms with Crippen LogP contribution in [-0.4, -0.2) is 38.2 Å². The number of anilines is 1. The Morgan fingerprint density at radius 3 is 2.57 bits per heavy atom. The third-order valence-corrected chi connectivity index (χ3v) is 4.92. The lowest BCUT2D eigenvalue weighted by Gasteiger charge is -2.15. The molecule has 148 valence electrons. The van der Waals surface area contributed by atoms with Gasteiger partial charge in [-0.3, -0.25) is 9.59 Å². The highest BCUT2D eigenvalue weighted by molar-refractivity contribution is 6.38. The van der Waals surface area contributed by atoms with Gasteiger partial charge in [0, 0.05) is 23.7 Å². The van der Waals surface area contributed by atoms with Gasteiger partial charge in [-0.25, -0.2) is 0 Å². The lowest BCUT2D eigenvalue weighted by molar-refractivity contribution is 0.0858. The molecule has 8 heteroatoms.